The zero-order valence-electron chi connectivity index (χ0n) is 12.8. The van der Waals surface area contributed by atoms with E-state index in [1.54, 1.807) is 0 Å². The number of carbonyl (C=O) groups excluding carboxylic acids is 1. The Kier molecular flexibility index (Phi) is 2.60. The van der Waals surface area contributed by atoms with Crippen LogP contribution in [0.3, 0.4) is 0 Å². The van der Waals surface area contributed by atoms with Crippen LogP contribution in [0.1, 0.15) is 38.7 Å². The molecule has 3 heteroatoms. The Hall–Kier alpha value is -1.35. The molecule has 3 aliphatic rings. The van der Waals surface area contributed by atoms with E-state index < -0.39 is 5.54 Å². The molecule has 3 fully saturated rings. The summed E-state index contributed by atoms with van der Waals surface area (Å²) in [7, 11) is 0. The molecule has 2 aliphatic carbocycles. The highest BCUT2D eigenvalue weighted by Crippen LogP contribution is 2.73. The highest BCUT2D eigenvalue weighted by atomic mass is 16.5. The maximum absolute atomic E-state index is 12.9. The van der Waals surface area contributed by atoms with Gasteiger partial charge in [-0.15, -0.1) is 0 Å². The number of benzene rings is 1. The summed E-state index contributed by atoms with van der Waals surface area (Å²) in [5.41, 5.74) is 0.924. The molecule has 0 aromatic heterocycles. The summed E-state index contributed by atoms with van der Waals surface area (Å²) >= 11 is 0. The molecule has 4 bridgehead atoms. The lowest BCUT2D eigenvalue weighted by Gasteiger charge is -2.40. The number of carbonyl (C=O) groups is 1. The molecule has 0 radical (unpaired) electrons. The van der Waals surface area contributed by atoms with Crippen molar-refractivity contribution in [2.24, 2.45) is 16.7 Å². The first kappa shape index (κ1) is 13.3. The molecule has 1 aromatic carbocycles. The lowest BCUT2D eigenvalue weighted by Crippen LogP contribution is -2.57. The summed E-state index contributed by atoms with van der Waals surface area (Å²) in [6.07, 6.45) is 3.36. The molecule has 1 aromatic rings. The molecular formula is C18H23NO2. The third-order valence-electron chi connectivity index (χ3n) is 6.97. The molecule has 0 amide bonds. The van der Waals surface area contributed by atoms with Crippen LogP contribution in [0.5, 0.6) is 0 Å². The number of hydrogen-bond acceptors (Lipinski definition) is 3. The van der Waals surface area contributed by atoms with Crippen LogP contribution in [0.15, 0.2) is 30.3 Å². The van der Waals surface area contributed by atoms with Gasteiger partial charge in [-0.2, -0.15) is 0 Å². The van der Waals surface area contributed by atoms with Crippen molar-refractivity contribution in [3.8, 4) is 0 Å². The Morgan fingerprint density at radius 3 is 2.76 bits per heavy atom. The number of rotatable bonds is 3. The van der Waals surface area contributed by atoms with E-state index in [1.165, 1.54) is 6.42 Å². The zero-order valence-corrected chi connectivity index (χ0v) is 12.8. The van der Waals surface area contributed by atoms with Crippen LogP contribution in [-0.4, -0.2) is 18.1 Å². The molecule has 4 atom stereocenters. The summed E-state index contributed by atoms with van der Waals surface area (Å²) < 4.78 is 5.69. The smallest absolute Gasteiger partial charge is 0.327 e. The van der Waals surface area contributed by atoms with E-state index >= 15 is 0 Å². The van der Waals surface area contributed by atoms with E-state index in [9.17, 15) is 4.79 Å². The number of esters is 1. The molecular weight excluding hydrogens is 262 g/mol. The Morgan fingerprint density at radius 1 is 1.33 bits per heavy atom. The number of nitrogens with one attached hydrogen (secondary N) is 1. The fourth-order valence-electron chi connectivity index (χ4n) is 5.31. The number of hydrogen-bond donors (Lipinski definition) is 1. The Bertz CT molecular complexity index is 586. The van der Waals surface area contributed by atoms with Crippen molar-refractivity contribution in [2.75, 3.05) is 6.54 Å². The SMILES string of the molecule is C[C@]12CC[C@@H]3C[C@@]1(C(=O)OCc1ccccc1)NC[C@@]32C. The predicted octanol–water partition coefficient (Wildman–Crippen LogP) is 2.90. The second-order valence-electron chi connectivity index (χ2n) is 7.51. The van der Waals surface area contributed by atoms with Gasteiger partial charge in [-0.05, 0) is 36.2 Å². The van der Waals surface area contributed by atoms with Gasteiger partial charge in [0.25, 0.3) is 0 Å². The first-order chi connectivity index (χ1) is 10.0. The highest BCUT2D eigenvalue weighted by molar-refractivity contribution is 5.84. The highest BCUT2D eigenvalue weighted by Gasteiger charge is 2.77. The van der Waals surface area contributed by atoms with Crippen LogP contribution in [-0.2, 0) is 16.1 Å². The molecule has 3 nitrogen and oxygen atoms in total. The van der Waals surface area contributed by atoms with Gasteiger partial charge < -0.3 is 10.1 Å². The van der Waals surface area contributed by atoms with Crippen molar-refractivity contribution in [1.29, 1.82) is 0 Å². The lowest BCUT2D eigenvalue weighted by atomic mass is 9.66. The molecule has 1 saturated heterocycles. The summed E-state index contributed by atoms with van der Waals surface area (Å²) in [5, 5.41) is 3.54. The van der Waals surface area contributed by atoms with Crippen LogP contribution >= 0.6 is 0 Å². The topological polar surface area (TPSA) is 38.3 Å². The van der Waals surface area contributed by atoms with E-state index in [0.29, 0.717) is 12.5 Å². The molecule has 0 spiro atoms. The van der Waals surface area contributed by atoms with Crippen LogP contribution in [0.4, 0.5) is 0 Å². The van der Waals surface area contributed by atoms with Crippen molar-refractivity contribution >= 4 is 5.97 Å². The summed E-state index contributed by atoms with van der Waals surface area (Å²) in [6.45, 7) is 5.98. The number of piperidine rings is 1. The Labute approximate surface area is 126 Å². The van der Waals surface area contributed by atoms with Crippen molar-refractivity contribution in [1.82, 2.24) is 5.32 Å². The predicted molar refractivity (Wildman–Crippen MR) is 80.5 cm³/mol. The Balaban J connectivity index is 1.55. The minimum Gasteiger partial charge on any atom is -0.459 e. The third kappa shape index (κ3) is 1.45. The maximum atomic E-state index is 12.9. The van der Waals surface area contributed by atoms with Gasteiger partial charge in [-0.3, -0.25) is 4.79 Å². The van der Waals surface area contributed by atoms with Crippen molar-refractivity contribution in [3.05, 3.63) is 35.9 Å². The number of ether oxygens (including phenoxy) is 1. The van der Waals surface area contributed by atoms with Crippen LogP contribution in [0.25, 0.3) is 0 Å². The maximum Gasteiger partial charge on any atom is 0.327 e. The van der Waals surface area contributed by atoms with E-state index in [-0.39, 0.29) is 16.8 Å². The van der Waals surface area contributed by atoms with Crippen molar-refractivity contribution in [3.63, 3.8) is 0 Å². The molecule has 112 valence electrons. The average Bonchev–Trinajstić information content (AvgIpc) is 2.97. The van der Waals surface area contributed by atoms with Crippen LogP contribution in [0.2, 0.25) is 0 Å². The second-order valence-corrected chi connectivity index (χ2v) is 7.51. The lowest BCUT2D eigenvalue weighted by molar-refractivity contribution is -0.157. The van der Waals surface area contributed by atoms with Gasteiger partial charge in [-0.25, -0.2) is 0 Å². The Morgan fingerprint density at radius 2 is 2.10 bits per heavy atom. The van der Waals surface area contributed by atoms with Crippen LogP contribution < -0.4 is 5.32 Å². The third-order valence-corrected chi connectivity index (χ3v) is 6.97. The molecule has 0 unspecified atom stereocenters. The van der Waals surface area contributed by atoms with Gasteiger partial charge in [0.15, 0.2) is 0 Å². The van der Waals surface area contributed by atoms with Gasteiger partial charge in [-0.1, -0.05) is 44.2 Å². The molecule has 1 aliphatic heterocycles. The van der Waals surface area contributed by atoms with E-state index in [2.05, 4.69) is 19.2 Å². The largest absolute Gasteiger partial charge is 0.459 e. The molecule has 1 heterocycles. The fraction of sp³-hybridized carbons (Fsp3) is 0.611. The molecule has 1 N–H and O–H groups in total. The van der Waals surface area contributed by atoms with E-state index in [0.717, 1.165) is 24.9 Å². The quantitative estimate of drug-likeness (QED) is 0.868. The van der Waals surface area contributed by atoms with Gasteiger partial charge in [0.2, 0.25) is 0 Å². The van der Waals surface area contributed by atoms with Gasteiger partial charge in [0.1, 0.15) is 12.1 Å². The molecule has 21 heavy (non-hydrogen) atoms. The fourth-order valence-corrected chi connectivity index (χ4v) is 5.31. The monoisotopic (exact) mass is 285 g/mol. The van der Waals surface area contributed by atoms with Crippen molar-refractivity contribution in [2.45, 2.75) is 45.3 Å². The minimum atomic E-state index is -0.445. The second kappa shape index (κ2) is 4.10. The molecule has 4 rings (SSSR count). The van der Waals surface area contributed by atoms with Gasteiger partial charge >= 0.3 is 5.97 Å². The van der Waals surface area contributed by atoms with E-state index in [4.69, 9.17) is 4.74 Å². The molecule has 2 saturated carbocycles. The first-order valence-corrected chi connectivity index (χ1v) is 7.98. The minimum absolute atomic E-state index is 0.0419. The van der Waals surface area contributed by atoms with Gasteiger partial charge in [0.05, 0.1) is 0 Å². The van der Waals surface area contributed by atoms with Crippen molar-refractivity contribution < 1.29 is 9.53 Å². The summed E-state index contributed by atoms with van der Waals surface area (Å²) in [4.78, 5) is 12.9. The average molecular weight is 285 g/mol. The first-order valence-electron chi connectivity index (χ1n) is 7.98. The normalized spacial score (nSPS) is 43.2. The van der Waals surface area contributed by atoms with Gasteiger partial charge in [0, 0.05) is 12.0 Å². The van der Waals surface area contributed by atoms with Crippen LogP contribution in [0, 0.1) is 16.7 Å². The summed E-state index contributed by atoms with van der Waals surface area (Å²) in [5.74, 6) is 0.632. The summed E-state index contributed by atoms with van der Waals surface area (Å²) in [6, 6.07) is 9.93. The van der Waals surface area contributed by atoms with E-state index in [1.807, 2.05) is 30.3 Å². The zero-order chi connectivity index (χ0) is 14.7. The standard InChI is InChI=1S/C18H23NO2/c1-16-12-19-18(10-14(16)8-9-17(16,18)2)15(20)21-11-13-6-4-3-5-7-13/h3-7,14,19H,8-12H2,1-2H3/t14-,16+,17-,18+/m1/s1.